The van der Waals surface area contributed by atoms with E-state index in [1.807, 2.05) is 0 Å². The summed E-state index contributed by atoms with van der Waals surface area (Å²) in [6, 6.07) is 36.5. The first-order chi connectivity index (χ1) is 18.8. The van der Waals surface area contributed by atoms with Gasteiger partial charge in [0.1, 0.15) is 0 Å². The SMILES string of the molecule is NCC1=CC2c3ccccc3-n3c4ccc5ccccc5c4c4ccc5c6ccccc6n(c5c43)C2CC1. The molecule has 2 aromatic heterocycles. The van der Waals surface area contributed by atoms with Gasteiger partial charge in [-0.3, -0.25) is 0 Å². The van der Waals surface area contributed by atoms with Crippen LogP contribution in [0.2, 0.25) is 0 Å². The maximum Gasteiger partial charge on any atom is 0.0785 e. The first-order valence-electron chi connectivity index (χ1n) is 13.7. The molecule has 1 aliphatic carbocycles. The van der Waals surface area contributed by atoms with Crippen molar-refractivity contribution < 1.29 is 0 Å². The lowest BCUT2D eigenvalue weighted by atomic mass is 9.80. The second-order valence-electron chi connectivity index (χ2n) is 11.0. The fourth-order valence-electron chi connectivity index (χ4n) is 7.64. The molecule has 2 unspecified atom stereocenters. The van der Waals surface area contributed by atoms with Crippen LogP contribution in [0.15, 0.2) is 109 Å². The van der Waals surface area contributed by atoms with E-state index < -0.39 is 0 Å². The molecule has 182 valence electrons. The Kier molecular flexibility index (Phi) is 4.01. The smallest absolute Gasteiger partial charge is 0.0785 e. The Bertz CT molecular complexity index is 2140. The molecule has 0 saturated heterocycles. The Labute approximate surface area is 220 Å². The molecule has 0 radical (unpaired) electrons. The van der Waals surface area contributed by atoms with E-state index in [2.05, 4.69) is 112 Å². The van der Waals surface area contributed by atoms with Gasteiger partial charge >= 0.3 is 0 Å². The largest absolute Gasteiger partial charge is 0.335 e. The highest BCUT2D eigenvalue weighted by Gasteiger charge is 2.35. The van der Waals surface area contributed by atoms with Crippen molar-refractivity contribution in [3.05, 3.63) is 114 Å². The summed E-state index contributed by atoms with van der Waals surface area (Å²) >= 11 is 0. The lowest BCUT2D eigenvalue weighted by molar-refractivity contribution is 0.425. The van der Waals surface area contributed by atoms with E-state index in [0.717, 1.165) is 12.8 Å². The van der Waals surface area contributed by atoms with E-state index >= 15 is 0 Å². The van der Waals surface area contributed by atoms with E-state index in [1.54, 1.807) is 0 Å². The van der Waals surface area contributed by atoms with Gasteiger partial charge in [-0.05, 0) is 47.4 Å². The topological polar surface area (TPSA) is 35.9 Å². The average Bonchev–Trinajstić information content (AvgIpc) is 3.49. The summed E-state index contributed by atoms with van der Waals surface area (Å²) in [4.78, 5) is 0. The molecular weight excluding hydrogens is 462 g/mol. The van der Waals surface area contributed by atoms with Crippen LogP contribution in [-0.4, -0.2) is 15.7 Å². The summed E-state index contributed by atoms with van der Waals surface area (Å²) in [5.41, 5.74) is 15.6. The number of hydrogen-bond donors (Lipinski definition) is 1. The summed E-state index contributed by atoms with van der Waals surface area (Å²) < 4.78 is 5.25. The van der Waals surface area contributed by atoms with Crippen molar-refractivity contribution in [3.8, 4) is 5.69 Å². The molecule has 3 nitrogen and oxygen atoms in total. The number of hydrogen-bond acceptors (Lipinski definition) is 1. The fraction of sp³-hybridized carbons (Fsp3) is 0.143. The Hall–Kier alpha value is -4.34. The maximum atomic E-state index is 6.23. The summed E-state index contributed by atoms with van der Waals surface area (Å²) in [6.45, 7) is 0.631. The van der Waals surface area contributed by atoms with Crippen LogP contribution in [0.3, 0.4) is 0 Å². The van der Waals surface area contributed by atoms with Gasteiger partial charge in [0.05, 0.1) is 22.2 Å². The van der Waals surface area contributed by atoms with Gasteiger partial charge in [-0.25, -0.2) is 0 Å². The van der Waals surface area contributed by atoms with Gasteiger partial charge < -0.3 is 14.9 Å². The van der Waals surface area contributed by atoms with E-state index in [9.17, 15) is 0 Å². The predicted molar refractivity (Wildman–Crippen MR) is 159 cm³/mol. The van der Waals surface area contributed by atoms with E-state index in [0.29, 0.717) is 12.6 Å². The van der Waals surface area contributed by atoms with E-state index in [1.165, 1.54) is 71.2 Å². The van der Waals surface area contributed by atoms with Gasteiger partial charge in [0.2, 0.25) is 0 Å². The molecule has 7 aromatic rings. The van der Waals surface area contributed by atoms with Gasteiger partial charge in [0.15, 0.2) is 0 Å². The number of para-hydroxylation sites is 2. The Morgan fingerprint density at radius 3 is 2.39 bits per heavy atom. The van der Waals surface area contributed by atoms with Gasteiger partial charge in [-0.2, -0.15) is 0 Å². The number of aromatic nitrogens is 2. The Morgan fingerprint density at radius 1 is 0.684 bits per heavy atom. The maximum absolute atomic E-state index is 6.23. The minimum absolute atomic E-state index is 0.263. The molecule has 5 aromatic carbocycles. The number of fused-ring (bicyclic) bond motifs is 13. The van der Waals surface area contributed by atoms with Crippen LogP contribution in [-0.2, 0) is 0 Å². The zero-order valence-corrected chi connectivity index (χ0v) is 21.1. The second kappa shape index (κ2) is 7.37. The van der Waals surface area contributed by atoms with Crippen molar-refractivity contribution >= 4 is 54.4 Å². The third-order valence-corrected chi connectivity index (χ3v) is 9.21. The quantitative estimate of drug-likeness (QED) is 0.231. The lowest BCUT2D eigenvalue weighted by Gasteiger charge is -2.36. The first kappa shape index (κ1) is 20.7. The molecule has 2 aliphatic rings. The molecule has 0 fully saturated rings. The monoisotopic (exact) mass is 489 g/mol. The molecule has 0 saturated carbocycles. The number of rotatable bonds is 1. The molecule has 0 spiro atoms. The van der Waals surface area contributed by atoms with Crippen LogP contribution in [0.4, 0.5) is 0 Å². The number of benzene rings is 5. The van der Waals surface area contributed by atoms with Crippen LogP contribution in [0.25, 0.3) is 60.1 Å². The van der Waals surface area contributed by atoms with Crippen molar-refractivity contribution in [2.75, 3.05) is 6.54 Å². The highest BCUT2D eigenvalue weighted by molar-refractivity contribution is 6.28. The van der Waals surface area contributed by atoms with Gasteiger partial charge in [-0.1, -0.05) is 90.5 Å². The highest BCUT2D eigenvalue weighted by Crippen LogP contribution is 2.51. The fourth-order valence-corrected chi connectivity index (χ4v) is 7.64. The van der Waals surface area contributed by atoms with Gasteiger partial charge in [0, 0.05) is 45.6 Å². The standard InChI is InChI=1S/C35H27N3/c36-20-21-13-17-31-28(19-21)25-10-4-6-12-30(25)38-32-18-14-22-7-1-2-8-23(22)33(32)27-16-15-26-24-9-3-5-11-29(24)37(31)34(26)35(27)38/h1-12,14-16,18-19,28,31H,13,17,20,36H2. The summed E-state index contributed by atoms with van der Waals surface area (Å²) in [6.07, 6.45) is 4.63. The first-order valence-corrected chi connectivity index (χ1v) is 13.7. The summed E-state index contributed by atoms with van der Waals surface area (Å²) in [5, 5.41) is 7.95. The Balaban J connectivity index is 1.60. The third kappa shape index (κ3) is 2.47. The van der Waals surface area contributed by atoms with Crippen molar-refractivity contribution in [2.24, 2.45) is 5.73 Å². The van der Waals surface area contributed by atoms with E-state index in [-0.39, 0.29) is 5.92 Å². The van der Waals surface area contributed by atoms with Crippen molar-refractivity contribution in [2.45, 2.75) is 24.8 Å². The van der Waals surface area contributed by atoms with Crippen LogP contribution >= 0.6 is 0 Å². The zero-order valence-electron chi connectivity index (χ0n) is 21.1. The van der Waals surface area contributed by atoms with Crippen molar-refractivity contribution in [1.82, 2.24) is 9.13 Å². The molecule has 3 heteroatoms. The Morgan fingerprint density at radius 2 is 1.47 bits per heavy atom. The van der Waals surface area contributed by atoms with Crippen LogP contribution < -0.4 is 5.73 Å². The normalized spacial score (nSPS) is 18.7. The van der Waals surface area contributed by atoms with Gasteiger partial charge in [-0.15, -0.1) is 0 Å². The zero-order chi connectivity index (χ0) is 25.0. The van der Waals surface area contributed by atoms with E-state index in [4.69, 9.17) is 5.73 Å². The van der Waals surface area contributed by atoms with Crippen LogP contribution in [0, 0.1) is 0 Å². The average molecular weight is 490 g/mol. The molecule has 38 heavy (non-hydrogen) atoms. The minimum atomic E-state index is 0.263. The van der Waals surface area contributed by atoms with Crippen LogP contribution in [0.5, 0.6) is 0 Å². The molecular formula is C35H27N3. The molecule has 1 aliphatic heterocycles. The van der Waals surface area contributed by atoms with Crippen molar-refractivity contribution in [1.29, 1.82) is 0 Å². The summed E-state index contributed by atoms with van der Waals surface area (Å²) in [7, 11) is 0. The predicted octanol–water partition coefficient (Wildman–Crippen LogP) is 8.36. The molecule has 3 heterocycles. The third-order valence-electron chi connectivity index (χ3n) is 9.21. The molecule has 2 atom stereocenters. The molecule has 9 rings (SSSR count). The van der Waals surface area contributed by atoms with Crippen LogP contribution in [0.1, 0.15) is 30.4 Å². The number of nitrogens with two attached hydrogens (primary N) is 1. The minimum Gasteiger partial charge on any atom is -0.335 e. The highest BCUT2D eigenvalue weighted by atomic mass is 15.1. The molecule has 2 N–H and O–H groups in total. The van der Waals surface area contributed by atoms with Crippen molar-refractivity contribution in [3.63, 3.8) is 0 Å². The lowest BCUT2D eigenvalue weighted by Crippen LogP contribution is -2.24. The summed E-state index contributed by atoms with van der Waals surface area (Å²) in [5.74, 6) is 0.263. The van der Waals surface area contributed by atoms with Gasteiger partial charge in [0.25, 0.3) is 0 Å². The molecule has 0 bridgehead atoms. The number of allylic oxidation sites excluding steroid dienone is 1. The number of nitrogens with zero attached hydrogens (tertiary/aromatic N) is 2. The second-order valence-corrected chi connectivity index (χ2v) is 11.0. The molecule has 0 amide bonds.